The van der Waals surface area contributed by atoms with Crippen LogP contribution in [0.5, 0.6) is 0 Å². The van der Waals surface area contributed by atoms with Crippen LogP contribution in [0.1, 0.15) is 15.9 Å². The lowest BCUT2D eigenvalue weighted by Gasteiger charge is -2.07. The number of amides is 1. The molecule has 0 fully saturated rings. The maximum Gasteiger partial charge on any atom is 0.262 e. The van der Waals surface area contributed by atoms with E-state index in [4.69, 9.17) is 4.42 Å². The summed E-state index contributed by atoms with van der Waals surface area (Å²) in [4.78, 5) is 23.0. The number of hydrogen-bond acceptors (Lipinski definition) is 5. The summed E-state index contributed by atoms with van der Waals surface area (Å²) in [5.41, 5.74) is 2.95. The lowest BCUT2D eigenvalue weighted by molar-refractivity contribution is 0.102. The van der Waals surface area contributed by atoms with Gasteiger partial charge in [0.1, 0.15) is 17.0 Å². The molecule has 1 N–H and O–H groups in total. The molecule has 5 nitrogen and oxygen atoms in total. The van der Waals surface area contributed by atoms with Crippen molar-refractivity contribution in [1.29, 1.82) is 0 Å². The normalized spacial score (nSPS) is 11.6. The van der Waals surface area contributed by atoms with Gasteiger partial charge in [-0.3, -0.25) is 4.79 Å². The third-order valence-corrected chi connectivity index (χ3v) is 5.61. The minimum atomic E-state index is -0.336. The number of rotatable bonds is 4. The molecule has 0 saturated carbocycles. The van der Waals surface area contributed by atoms with Gasteiger partial charge in [0, 0.05) is 21.0 Å². The van der Waals surface area contributed by atoms with E-state index in [0.29, 0.717) is 22.7 Å². The molecular formula is C23H18BrN3O2S. The van der Waals surface area contributed by atoms with Crippen LogP contribution < -0.4 is 10.9 Å². The van der Waals surface area contributed by atoms with Gasteiger partial charge in [0.25, 0.3) is 5.91 Å². The summed E-state index contributed by atoms with van der Waals surface area (Å²) in [6, 6.07) is 18.8. The summed E-state index contributed by atoms with van der Waals surface area (Å²) in [6.07, 6.45) is 3.71. The second-order valence-electron chi connectivity index (χ2n) is 6.64. The Kier molecular flexibility index (Phi) is 6.01. The van der Waals surface area contributed by atoms with Gasteiger partial charge in [-0.25, -0.2) is 9.98 Å². The number of benzene rings is 2. The van der Waals surface area contributed by atoms with Crippen LogP contribution in [0, 0.1) is 6.92 Å². The number of aryl methyl sites for hydroxylation is 1. The maximum absolute atomic E-state index is 13.1. The zero-order valence-electron chi connectivity index (χ0n) is 16.3. The van der Waals surface area contributed by atoms with Gasteiger partial charge < -0.3 is 9.73 Å². The third-order valence-electron chi connectivity index (χ3n) is 4.39. The molecule has 0 bridgehead atoms. The average Bonchev–Trinajstić information content (AvgIpc) is 2.75. The lowest BCUT2D eigenvalue weighted by atomic mass is 10.1. The minimum Gasteiger partial charge on any atom is -0.438 e. The Morgan fingerprint density at radius 1 is 1.13 bits per heavy atom. The van der Waals surface area contributed by atoms with E-state index in [-0.39, 0.29) is 11.5 Å². The van der Waals surface area contributed by atoms with Crippen molar-refractivity contribution >= 4 is 56.1 Å². The maximum atomic E-state index is 13.1. The van der Waals surface area contributed by atoms with Gasteiger partial charge in [0.15, 0.2) is 0 Å². The standard InChI is InChI=1S/C23H18BrN3O2S/c1-14-6-9-21(25-13-14)27-22(28)19-11-15-10-16(24)7-8-20(15)29-23(19)26-17-4-3-5-18(12-17)30-2/h3-13H,1-2H3,(H,25,27,28). The van der Waals surface area contributed by atoms with Gasteiger partial charge in [-0.1, -0.05) is 28.1 Å². The number of nitrogens with zero attached hydrogens (tertiary/aromatic N) is 2. The van der Waals surface area contributed by atoms with Crippen molar-refractivity contribution in [2.45, 2.75) is 11.8 Å². The van der Waals surface area contributed by atoms with E-state index in [0.717, 1.165) is 20.3 Å². The Morgan fingerprint density at radius 2 is 2.00 bits per heavy atom. The van der Waals surface area contributed by atoms with Crippen molar-refractivity contribution in [2.75, 3.05) is 11.6 Å². The monoisotopic (exact) mass is 479 g/mol. The zero-order chi connectivity index (χ0) is 21.1. The van der Waals surface area contributed by atoms with Crippen molar-refractivity contribution in [2.24, 2.45) is 4.99 Å². The fourth-order valence-electron chi connectivity index (χ4n) is 2.87. The molecule has 4 rings (SSSR count). The van der Waals surface area contributed by atoms with E-state index in [1.54, 1.807) is 30.1 Å². The number of fused-ring (bicyclic) bond motifs is 1. The van der Waals surface area contributed by atoms with Crippen LogP contribution in [-0.2, 0) is 0 Å². The largest absolute Gasteiger partial charge is 0.438 e. The highest BCUT2D eigenvalue weighted by Gasteiger charge is 2.14. The molecule has 30 heavy (non-hydrogen) atoms. The molecule has 0 spiro atoms. The molecule has 150 valence electrons. The van der Waals surface area contributed by atoms with Crippen molar-refractivity contribution < 1.29 is 9.21 Å². The molecule has 2 heterocycles. The average molecular weight is 480 g/mol. The Labute approximate surface area is 186 Å². The van der Waals surface area contributed by atoms with Crippen LogP contribution in [0.2, 0.25) is 0 Å². The van der Waals surface area contributed by atoms with Crippen molar-refractivity contribution in [1.82, 2.24) is 4.98 Å². The Balaban J connectivity index is 1.84. The van der Waals surface area contributed by atoms with E-state index in [9.17, 15) is 4.79 Å². The van der Waals surface area contributed by atoms with Crippen molar-refractivity contribution in [3.63, 3.8) is 0 Å². The summed E-state index contributed by atoms with van der Waals surface area (Å²) in [5, 5.41) is 3.62. The second kappa shape index (κ2) is 8.85. The number of pyridine rings is 1. The van der Waals surface area contributed by atoms with Gasteiger partial charge in [-0.05, 0) is 67.3 Å². The second-order valence-corrected chi connectivity index (χ2v) is 8.43. The first-order valence-electron chi connectivity index (χ1n) is 9.18. The highest BCUT2D eigenvalue weighted by molar-refractivity contribution is 9.10. The predicted molar refractivity (Wildman–Crippen MR) is 124 cm³/mol. The van der Waals surface area contributed by atoms with Gasteiger partial charge in [0.2, 0.25) is 5.55 Å². The number of hydrogen-bond donors (Lipinski definition) is 1. The number of nitrogens with one attached hydrogen (secondary N) is 1. The molecule has 2 aromatic carbocycles. The molecule has 4 aromatic rings. The quantitative estimate of drug-likeness (QED) is 0.358. The Morgan fingerprint density at radius 3 is 2.77 bits per heavy atom. The molecule has 1 amide bonds. The molecule has 0 aliphatic heterocycles. The predicted octanol–water partition coefficient (Wildman–Crippen LogP) is 6.11. The third kappa shape index (κ3) is 4.63. The summed E-state index contributed by atoms with van der Waals surface area (Å²) in [7, 11) is 0. The zero-order valence-corrected chi connectivity index (χ0v) is 18.8. The van der Waals surface area contributed by atoms with E-state index in [1.807, 2.05) is 61.7 Å². The first-order valence-corrected chi connectivity index (χ1v) is 11.2. The summed E-state index contributed by atoms with van der Waals surface area (Å²) < 4.78 is 6.93. The summed E-state index contributed by atoms with van der Waals surface area (Å²) >= 11 is 5.09. The minimum absolute atomic E-state index is 0.243. The molecule has 7 heteroatoms. The number of thioether (sulfide) groups is 1. The molecule has 2 aromatic heterocycles. The van der Waals surface area contributed by atoms with E-state index >= 15 is 0 Å². The van der Waals surface area contributed by atoms with Crippen LogP contribution in [0.3, 0.4) is 0 Å². The van der Waals surface area contributed by atoms with Crippen molar-refractivity contribution in [3.8, 4) is 0 Å². The highest BCUT2D eigenvalue weighted by atomic mass is 79.9. The fourth-order valence-corrected chi connectivity index (χ4v) is 3.70. The first kappa shape index (κ1) is 20.4. The number of aromatic nitrogens is 1. The first-order chi connectivity index (χ1) is 14.5. The molecule has 0 unspecified atom stereocenters. The number of anilines is 1. The molecule has 0 radical (unpaired) electrons. The molecule has 0 atom stereocenters. The van der Waals surface area contributed by atoms with Crippen LogP contribution in [0.4, 0.5) is 11.5 Å². The van der Waals surface area contributed by atoms with Gasteiger partial charge in [0.05, 0.1) is 5.69 Å². The van der Waals surface area contributed by atoms with Crippen LogP contribution >= 0.6 is 27.7 Å². The SMILES string of the molecule is CSc1cccc(N=c2oc3ccc(Br)cc3cc2C(=O)Nc2ccc(C)cn2)c1. The summed E-state index contributed by atoms with van der Waals surface area (Å²) in [5.74, 6) is 0.131. The fraction of sp³-hybridized carbons (Fsp3) is 0.0870. The number of carbonyl (C=O) groups is 1. The smallest absolute Gasteiger partial charge is 0.262 e. The Bertz CT molecular complexity index is 1300. The topological polar surface area (TPSA) is 67.5 Å². The highest BCUT2D eigenvalue weighted by Crippen LogP contribution is 2.23. The van der Waals surface area contributed by atoms with Crippen molar-refractivity contribution in [3.05, 3.63) is 88.0 Å². The van der Waals surface area contributed by atoms with Gasteiger partial charge in [-0.15, -0.1) is 11.8 Å². The molecular weight excluding hydrogens is 462 g/mol. The van der Waals surface area contributed by atoms with Gasteiger partial charge in [-0.2, -0.15) is 0 Å². The molecule has 0 aliphatic rings. The Hall–Kier alpha value is -2.90. The van der Waals surface area contributed by atoms with Crippen LogP contribution in [0.15, 0.2) is 85.6 Å². The van der Waals surface area contributed by atoms with E-state index < -0.39 is 0 Å². The number of carbonyl (C=O) groups excluding carboxylic acids is 1. The summed E-state index contributed by atoms with van der Waals surface area (Å²) in [6.45, 7) is 1.94. The lowest BCUT2D eigenvalue weighted by Crippen LogP contribution is -2.22. The van der Waals surface area contributed by atoms with E-state index in [2.05, 4.69) is 31.2 Å². The van der Waals surface area contributed by atoms with E-state index in [1.165, 1.54) is 0 Å². The van der Waals surface area contributed by atoms with Crippen LogP contribution in [0.25, 0.3) is 11.0 Å². The van der Waals surface area contributed by atoms with Crippen LogP contribution in [-0.4, -0.2) is 17.1 Å². The van der Waals surface area contributed by atoms with Gasteiger partial charge >= 0.3 is 0 Å². The molecule has 0 aliphatic carbocycles. The number of halogens is 1. The molecule has 0 saturated heterocycles.